The normalized spacial score (nSPS) is 19.4. The number of carbonyl (C=O) groups is 1. The minimum atomic E-state index is 0.104. The van der Waals surface area contributed by atoms with E-state index in [-0.39, 0.29) is 5.92 Å². The van der Waals surface area contributed by atoms with Crippen molar-refractivity contribution < 1.29 is 4.79 Å². The Morgan fingerprint density at radius 2 is 2.00 bits per heavy atom. The lowest BCUT2D eigenvalue weighted by atomic mass is 9.94. The second-order valence-electron chi connectivity index (χ2n) is 4.95. The Morgan fingerprint density at radius 3 is 2.56 bits per heavy atom. The van der Waals surface area contributed by atoms with Gasteiger partial charge in [0.05, 0.1) is 0 Å². The zero-order valence-electron chi connectivity index (χ0n) is 11.0. The first-order valence-electron chi connectivity index (χ1n) is 6.64. The molecule has 1 unspecified atom stereocenters. The average Bonchev–Trinajstić information content (AvgIpc) is 2.35. The molecule has 0 aromatic heterocycles. The molecular weight excluding hydrogens is 200 g/mol. The molecule has 1 fully saturated rings. The Morgan fingerprint density at radius 1 is 1.38 bits per heavy atom. The summed E-state index contributed by atoms with van der Waals surface area (Å²) in [7, 11) is 1.97. The topological polar surface area (TPSA) is 32.3 Å². The van der Waals surface area contributed by atoms with Gasteiger partial charge in [-0.05, 0) is 19.4 Å². The Balaban J connectivity index is 2.38. The lowest BCUT2D eigenvalue weighted by molar-refractivity contribution is -0.136. The minimum Gasteiger partial charge on any atom is -0.343 e. The number of nitrogens with one attached hydrogen (secondary N) is 1. The molecule has 0 aliphatic heterocycles. The zero-order chi connectivity index (χ0) is 12.0. The summed E-state index contributed by atoms with van der Waals surface area (Å²) in [5, 5.41) is 3.24. The van der Waals surface area contributed by atoms with E-state index in [9.17, 15) is 4.79 Å². The lowest BCUT2D eigenvalue weighted by Gasteiger charge is -2.33. The van der Waals surface area contributed by atoms with E-state index in [0.717, 1.165) is 13.1 Å². The van der Waals surface area contributed by atoms with E-state index in [1.54, 1.807) is 0 Å². The molecule has 3 nitrogen and oxygen atoms in total. The first kappa shape index (κ1) is 13.5. The minimum absolute atomic E-state index is 0.104. The van der Waals surface area contributed by atoms with Gasteiger partial charge in [0.25, 0.3) is 0 Å². The maximum absolute atomic E-state index is 12.1. The number of nitrogens with zero attached hydrogens (tertiary/aromatic N) is 1. The van der Waals surface area contributed by atoms with E-state index in [4.69, 9.17) is 0 Å². The summed E-state index contributed by atoms with van der Waals surface area (Å²) in [6.45, 7) is 5.82. The van der Waals surface area contributed by atoms with Gasteiger partial charge in [0.1, 0.15) is 0 Å². The van der Waals surface area contributed by atoms with Crippen LogP contribution in [0.2, 0.25) is 0 Å². The predicted molar refractivity (Wildman–Crippen MR) is 67.4 cm³/mol. The molecule has 1 aliphatic rings. The summed E-state index contributed by atoms with van der Waals surface area (Å²) in [5.74, 6) is 0.403. The van der Waals surface area contributed by atoms with Crippen LogP contribution in [0.15, 0.2) is 0 Å². The van der Waals surface area contributed by atoms with E-state index >= 15 is 0 Å². The van der Waals surface area contributed by atoms with Crippen molar-refractivity contribution in [2.24, 2.45) is 5.92 Å². The SMILES string of the molecule is CCNCC(C)C(=O)N(C)C1CCCCC1. The van der Waals surface area contributed by atoms with Crippen LogP contribution in [0.4, 0.5) is 0 Å². The molecule has 0 spiro atoms. The number of carbonyl (C=O) groups excluding carboxylic acids is 1. The molecule has 3 heteroatoms. The maximum Gasteiger partial charge on any atom is 0.226 e. The van der Waals surface area contributed by atoms with E-state index in [2.05, 4.69) is 12.2 Å². The highest BCUT2D eigenvalue weighted by atomic mass is 16.2. The lowest BCUT2D eigenvalue weighted by Crippen LogP contribution is -2.43. The highest BCUT2D eigenvalue weighted by molar-refractivity contribution is 5.78. The largest absolute Gasteiger partial charge is 0.343 e. The first-order valence-corrected chi connectivity index (χ1v) is 6.64. The van der Waals surface area contributed by atoms with Crippen LogP contribution in [0.5, 0.6) is 0 Å². The van der Waals surface area contributed by atoms with Gasteiger partial charge in [-0.15, -0.1) is 0 Å². The second kappa shape index (κ2) is 6.89. The highest BCUT2D eigenvalue weighted by Crippen LogP contribution is 2.22. The fraction of sp³-hybridized carbons (Fsp3) is 0.923. The number of hydrogen-bond donors (Lipinski definition) is 1. The standard InChI is InChI=1S/C13H26N2O/c1-4-14-10-11(2)13(16)15(3)12-8-6-5-7-9-12/h11-12,14H,4-10H2,1-3H3. The van der Waals surface area contributed by atoms with E-state index in [1.807, 2.05) is 18.9 Å². The molecular formula is C13H26N2O. The van der Waals surface area contributed by atoms with Crippen molar-refractivity contribution in [1.82, 2.24) is 10.2 Å². The summed E-state index contributed by atoms with van der Waals surface area (Å²) >= 11 is 0. The molecule has 1 saturated carbocycles. The van der Waals surface area contributed by atoms with Crippen LogP contribution in [0, 0.1) is 5.92 Å². The van der Waals surface area contributed by atoms with E-state index in [1.165, 1.54) is 32.1 Å². The van der Waals surface area contributed by atoms with Crippen molar-refractivity contribution >= 4 is 5.91 Å². The molecule has 0 aromatic rings. The third kappa shape index (κ3) is 3.78. The van der Waals surface area contributed by atoms with Crippen LogP contribution in [0.3, 0.4) is 0 Å². The van der Waals surface area contributed by atoms with Gasteiger partial charge < -0.3 is 10.2 Å². The van der Waals surface area contributed by atoms with Gasteiger partial charge in [0.15, 0.2) is 0 Å². The van der Waals surface area contributed by atoms with Gasteiger partial charge in [0, 0.05) is 25.6 Å². The molecule has 1 rings (SSSR count). The third-order valence-corrected chi connectivity index (χ3v) is 3.59. The summed E-state index contributed by atoms with van der Waals surface area (Å²) in [4.78, 5) is 14.1. The van der Waals surface area contributed by atoms with Crippen molar-refractivity contribution in [3.05, 3.63) is 0 Å². The maximum atomic E-state index is 12.1. The fourth-order valence-electron chi connectivity index (χ4n) is 2.44. The summed E-state index contributed by atoms with van der Waals surface area (Å²) in [5.41, 5.74) is 0. The fourth-order valence-corrected chi connectivity index (χ4v) is 2.44. The van der Waals surface area contributed by atoms with Crippen LogP contribution in [-0.4, -0.2) is 37.0 Å². The van der Waals surface area contributed by atoms with Gasteiger partial charge >= 0.3 is 0 Å². The molecule has 0 aromatic carbocycles. The van der Waals surface area contributed by atoms with Crippen LogP contribution in [0.1, 0.15) is 46.0 Å². The average molecular weight is 226 g/mol. The van der Waals surface area contributed by atoms with Crippen molar-refractivity contribution in [1.29, 1.82) is 0 Å². The van der Waals surface area contributed by atoms with Crippen molar-refractivity contribution in [2.45, 2.75) is 52.0 Å². The van der Waals surface area contributed by atoms with Crippen LogP contribution >= 0.6 is 0 Å². The Labute approximate surface area is 99.6 Å². The van der Waals surface area contributed by atoms with Crippen molar-refractivity contribution in [3.8, 4) is 0 Å². The number of hydrogen-bond acceptors (Lipinski definition) is 2. The Bertz CT molecular complexity index is 212. The van der Waals surface area contributed by atoms with Crippen molar-refractivity contribution in [3.63, 3.8) is 0 Å². The Kier molecular flexibility index (Phi) is 5.81. The van der Waals surface area contributed by atoms with Crippen LogP contribution in [0.25, 0.3) is 0 Å². The van der Waals surface area contributed by atoms with Crippen LogP contribution < -0.4 is 5.32 Å². The van der Waals surface area contributed by atoms with Gasteiger partial charge in [-0.1, -0.05) is 33.1 Å². The summed E-state index contributed by atoms with van der Waals surface area (Å²) in [6.07, 6.45) is 6.28. The smallest absolute Gasteiger partial charge is 0.226 e. The van der Waals surface area contributed by atoms with E-state index < -0.39 is 0 Å². The van der Waals surface area contributed by atoms with Crippen molar-refractivity contribution in [2.75, 3.05) is 20.1 Å². The first-order chi connectivity index (χ1) is 7.66. The quantitative estimate of drug-likeness (QED) is 0.778. The predicted octanol–water partition coefficient (Wildman–Crippen LogP) is 2.02. The molecule has 1 amide bonds. The van der Waals surface area contributed by atoms with Gasteiger partial charge in [-0.3, -0.25) is 4.79 Å². The molecule has 1 atom stereocenters. The molecule has 1 aliphatic carbocycles. The second-order valence-corrected chi connectivity index (χ2v) is 4.95. The summed E-state index contributed by atoms with van der Waals surface area (Å²) < 4.78 is 0. The molecule has 94 valence electrons. The molecule has 0 bridgehead atoms. The molecule has 0 saturated heterocycles. The van der Waals surface area contributed by atoms with Gasteiger partial charge in [-0.25, -0.2) is 0 Å². The molecule has 0 heterocycles. The monoisotopic (exact) mass is 226 g/mol. The van der Waals surface area contributed by atoms with E-state index in [0.29, 0.717) is 11.9 Å². The Hall–Kier alpha value is -0.570. The molecule has 0 radical (unpaired) electrons. The summed E-state index contributed by atoms with van der Waals surface area (Å²) in [6, 6.07) is 0.491. The number of rotatable bonds is 5. The van der Waals surface area contributed by atoms with Crippen LogP contribution in [-0.2, 0) is 4.79 Å². The zero-order valence-corrected chi connectivity index (χ0v) is 11.0. The van der Waals surface area contributed by atoms with Gasteiger partial charge in [-0.2, -0.15) is 0 Å². The molecule has 1 N–H and O–H groups in total. The molecule has 16 heavy (non-hydrogen) atoms. The van der Waals surface area contributed by atoms with Gasteiger partial charge in [0.2, 0.25) is 5.91 Å². The third-order valence-electron chi connectivity index (χ3n) is 3.59. The highest BCUT2D eigenvalue weighted by Gasteiger charge is 2.24. The number of amides is 1.